The Balaban J connectivity index is 2.28. The smallest absolute Gasteiger partial charge is 0.166 e. The fraction of sp³-hybridized carbons (Fsp3) is 0.200. The number of aliphatic hydroxyl groups excluding tert-OH is 1. The average Bonchev–Trinajstić information content (AvgIpc) is 2.34. The van der Waals surface area contributed by atoms with Gasteiger partial charge in [0.05, 0.1) is 6.10 Å². The lowest BCUT2D eigenvalue weighted by molar-refractivity contribution is 0.198. The van der Waals surface area contributed by atoms with Crippen LogP contribution >= 0.6 is 15.9 Å². The second-order valence-electron chi connectivity index (χ2n) is 4.38. The molecule has 2 rings (SSSR count). The molecule has 2 nitrogen and oxygen atoms in total. The third-order valence-electron chi connectivity index (χ3n) is 2.80. The van der Waals surface area contributed by atoms with Crippen molar-refractivity contribution in [2.75, 3.05) is 0 Å². The Hall–Kier alpha value is -1.39. The molecule has 0 aliphatic heterocycles. The molecule has 0 bridgehead atoms. The van der Waals surface area contributed by atoms with E-state index in [-0.39, 0.29) is 5.75 Å². The first-order chi connectivity index (χ1) is 8.97. The highest BCUT2D eigenvalue weighted by atomic mass is 79.9. The zero-order chi connectivity index (χ0) is 14.0. The Kier molecular flexibility index (Phi) is 4.22. The molecule has 0 aromatic heterocycles. The van der Waals surface area contributed by atoms with Gasteiger partial charge in [0.15, 0.2) is 11.6 Å². The summed E-state index contributed by atoms with van der Waals surface area (Å²) in [4.78, 5) is 0. The van der Waals surface area contributed by atoms with E-state index in [1.807, 2.05) is 19.1 Å². The molecule has 1 N–H and O–H groups in total. The average molecular weight is 325 g/mol. The lowest BCUT2D eigenvalue weighted by Crippen LogP contribution is -1.95. The van der Waals surface area contributed by atoms with Crippen molar-refractivity contribution in [2.45, 2.75) is 20.0 Å². The quantitative estimate of drug-likeness (QED) is 0.883. The van der Waals surface area contributed by atoms with Crippen LogP contribution in [0.5, 0.6) is 11.5 Å². The molecule has 0 spiro atoms. The van der Waals surface area contributed by atoms with Gasteiger partial charge in [0, 0.05) is 4.47 Å². The van der Waals surface area contributed by atoms with Crippen LogP contribution in [-0.2, 0) is 0 Å². The maximum Gasteiger partial charge on any atom is 0.166 e. The van der Waals surface area contributed by atoms with E-state index >= 15 is 0 Å². The van der Waals surface area contributed by atoms with Gasteiger partial charge in [0.1, 0.15) is 5.75 Å². The van der Waals surface area contributed by atoms with Crippen molar-refractivity contribution in [3.05, 3.63) is 57.8 Å². The van der Waals surface area contributed by atoms with Crippen molar-refractivity contribution in [3.8, 4) is 11.5 Å². The molecule has 0 unspecified atom stereocenters. The fourth-order valence-corrected chi connectivity index (χ4v) is 2.18. The molecule has 100 valence electrons. The van der Waals surface area contributed by atoms with Crippen LogP contribution < -0.4 is 4.74 Å². The van der Waals surface area contributed by atoms with Crippen LogP contribution in [0.3, 0.4) is 0 Å². The summed E-state index contributed by atoms with van der Waals surface area (Å²) in [6.45, 7) is 3.48. The molecule has 4 heteroatoms. The van der Waals surface area contributed by atoms with E-state index in [4.69, 9.17) is 4.74 Å². The highest BCUT2D eigenvalue weighted by Crippen LogP contribution is 2.30. The van der Waals surface area contributed by atoms with E-state index in [1.165, 1.54) is 12.1 Å². The first kappa shape index (κ1) is 14.0. The largest absolute Gasteiger partial charge is 0.454 e. The molecule has 0 saturated heterocycles. The standard InChI is InChI=1S/C15H14BrFO2/c1-9-7-12(16)4-6-14(9)19-15-5-3-11(10(2)18)8-13(15)17/h3-8,10,18H,1-2H3/t10-/m1/s1. The van der Waals surface area contributed by atoms with Gasteiger partial charge in [-0.1, -0.05) is 22.0 Å². The van der Waals surface area contributed by atoms with Gasteiger partial charge in [0.2, 0.25) is 0 Å². The topological polar surface area (TPSA) is 29.5 Å². The highest BCUT2D eigenvalue weighted by Gasteiger charge is 2.10. The van der Waals surface area contributed by atoms with E-state index in [0.29, 0.717) is 11.3 Å². The number of hydrogen-bond acceptors (Lipinski definition) is 2. The molecule has 0 radical (unpaired) electrons. The molecule has 0 aliphatic carbocycles. The Morgan fingerprint density at radius 2 is 1.84 bits per heavy atom. The van der Waals surface area contributed by atoms with Crippen molar-refractivity contribution in [2.24, 2.45) is 0 Å². The van der Waals surface area contributed by atoms with Crippen LogP contribution in [0.2, 0.25) is 0 Å². The first-order valence-electron chi connectivity index (χ1n) is 5.89. The summed E-state index contributed by atoms with van der Waals surface area (Å²) >= 11 is 3.36. The van der Waals surface area contributed by atoms with Crippen LogP contribution in [0.25, 0.3) is 0 Å². The molecule has 0 aliphatic rings. The Labute approximate surface area is 120 Å². The van der Waals surface area contributed by atoms with Gasteiger partial charge < -0.3 is 9.84 Å². The number of aryl methyl sites for hydroxylation is 1. The van der Waals surface area contributed by atoms with Gasteiger partial charge in [-0.25, -0.2) is 4.39 Å². The number of aliphatic hydroxyl groups is 1. The zero-order valence-electron chi connectivity index (χ0n) is 10.7. The maximum absolute atomic E-state index is 13.9. The van der Waals surface area contributed by atoms with Gasteiger partial charge in [0.25, 0.3) is 0 Å². The summed E-state index contributed by atoms with van der Waals surface area (Å²) < 4.78 is 20.4. The Bertz CT molecular complexity index is 597. The normalized spacial score (nSPS) is 12.3. The minimum atomic E-state index is -0.696. The van der Waals surface area contributed by atoms with E-state index in [1.54, 1.807) is 19.1 Å². The van der Waals surface area contributed by atoms with Crippen LogP contribution in [0.4, 0.5) is 4.39 Å². The van der Waals surface area contributed by atoms with Gasteiger partial charge in [-0.15, -0.1) is 0 Å². The molecule has 0 saturated carbocycles. The van der Waals surface area contributed by atoms with E-state index in [9.17, 15) is 9.50 Å². The summed E-state index contributed by atoms with van der Waals surface area (Å²) in [5.41, 5.74) is 1.44. The number of hydrogen-bond donors (Lipinski definition) is 1. The summed E-state index contributed by atoms with van der Waals surface area (Å²) in [6, 6.07) is 9.98. The fourth-order valence-electron chi connectivity index (χ4n) is 1.71. The van der Waals surface area contributed by atoms with E-state index in [0.717, 1.165) is 10.0 Å². The molecule has 1 atom stereocenters. The highest BCUT2D eigenvalue weighted by molar-refractivity contribution is 9.10. The maximum atomic E-state index is 13.9. The number of benzene rings is 2. The second kappa shape index (κ2) is 5.72. The Morgan fingerprint density at radius 1 is 1.16 bits per heavy atom. The van der Waals surface area contributed by atoms with Gasteiger partial charge >= 0.3 is 0 Å². The summed E-state index contributed by atoms with van der Waals surface area (Å²) in [5.74, 6) is 0.266. The van der Waals surface area contributed by atoms with Crippen LogP contribution in [0, 0.1) is 12.7 Å². The minimum Gasteiger partial charge on any atom is -0.454 e. The SMILES string of the molecule is Cc1cc(Br)ccc1Oc1ccc([C@@H](C)O)cc1F. The third kappa shape index (κ3) is 3.33. The van der Waals surface area contributed by atoms with Gasteiger partial charge in [-0.05, 0) is 55.3 Å². The van der Waals surface area contributed by atoms with E-state index in [2.05, 4.69) is 15.9 Å². The summed E-state index contributed by atoms with van der Waals surface area (Å²) in [5, 5.41) is 9.39. The van der Waals surface area contributed by atoms with Crippen molar-refractivity contribution in [1.29, 1.82) is 0 Å². The summed E-state index contributed by atoms with van der Waals surface area (Å²) in [6.07, 6.45) is -0.696. The molecule has 0 fully saturated rings. The molecule has 2 aromatic carbocycles. The summed E-state index contributed by atoms with van der Waals surface area (Å²) in [7, 11) is 0. The number of halogens is 2. The van der Waals surface area contributed by atoms with Crippen molar-refractivity contribution in [1.82, 2.24) is 0 Å². The van der Waals surface area contributed by atoms with Crippen molar-refractivity contribution >= 4 is 15.9 Å². The minimum absolute atomic E-state index is 0.148. The van der Waals surface area contributed by atoms with E-state index < -0.39 is 11.9 Å². The molecule has 0 amide bonds. The number of rotatable bonds is 3. The van der Waals surface area contributed by atoms with Crippen molar-refractivity contribution < 1.29 is 14.2 Å². The van der Waals surface area contributed by atoms with Crippen LogP contribution in [-0.4, -0.2) is 5.11 Å². The number of ether oxygens (including phenoxy) is 1. The molecular weight excluding hydrogens is 311 g/mol. The molecule has 19 heavy (non-hydrogen) atoms. The Morgan fingerprint density at radius 3 is 2.42 bits per heavy atom. The first-order valence-corrected chi connectivity index (χ1v) is 6.68. The molecule has 0 heterocycles. The monoisotopic (exact) mass is 324 g/mol. The third-order valence-corrected chi connectivity index (χ3v) is 3.29. The van der Waals surface area contributed by atoms with Crippen molar-refractivity contribution in [3.63, 3.8) is 0 Å². The van der Waals surface area contributed by atoms with Crippen LogP contribution in [0.1, 0.15) is 24.2 Å². The van der Waals surface area contributed by atoms with Crippen LogP contribution in [0.15, 0.2) is 40.9 Å². The lowest BCUT2D eigenvalue weighted by atomic mass is 10.1. The second-order valence-corrected chi connectivity index (χ2v) is 5.29. The van der Waals surface area contributed by atoms with Gasteiger partial charge in [-0.3, -0.25) is 0 Å². The van der Waals surface area contributed by atoms with Gasteiger partial charge in [-0.2, -0.15) is 0 Å². The predicted octanol–water partition coefficient (Wildman–Crippen LogP) is 4.74. The predicted molar refractivity (Wildman–Crippen MR) is 76.0 cm³/mol. The lowest BCUT2D eigenvalue weighted by Gasteiger charge is -2.11. The molecular formula is C15H14BrFO2. The molecule has 2 aromatic rings. The zero-order valence-corrected chi connectivity index (χ0v) is 12.2.